The van der Waals surface area contributed by atoms with Crippen molar-refractivity contribution in [3.8, 4) is 0 Å². The molecule has 1 aromatic rings. The Bertz CT molecular complexity index is 509. The topological polar surface area (TPSA) is 67.4 Å². The summed E-state index contributed by atoms with van der Waals surface area (Å²) in [6.07, 6.45) is 1.24. The number of carbonyl (C=O) groups is 2. The second-order valence-electron chi connectivity index (χ2n) is 5.56. The molecular weight excluding hydrogens is 256 g/mol. The zero-order valence-corrected chi connectivity index (χ0v) is 11.2. The van der Waals surface area contributed by atoms with E-state index in [1.807, 2.05) is 30.3 Å². The van der Waals surface area contributed by atoms with Crippen LogP contribution in [0.25, 0.3) is 0 Å². The number of carbonyl (C=O) groups excluding carboxylic acids is 2. The summed E-state index contributed by atoms with van der Waals surface area (Å²) in [6.45, 7) is 1.78. The molecule has 1 amide bonds. The molecule has 106 valence electrons. The molecule has 1 unspecified atom stereocenters. The van der Waals surface area contributed by atoms with E-state index in [1.165, 1.54) is 0 Å². The highest BCUT2D eigenvalue weighted by Crippen LogP contribution is 2.38. The lowest BCUT2D eigenvalue weighted by molar-refractivity contribution is -0.150. The average Bonchev–Trinajstić information content (AvgIpc) is 3.05. The number of benzene rings is 1. The van der Waals surface area contributed by atoms with E-state index in [2.05, 4.69) is 10.6 Å². The van der Waals surface area contributed by atoms with Crippen LogP contribution in [-0.4, -0.2) is 31.0 Å². The quantitative estimate of drug-likeness (QED) is 0.792. The number of amides is 1. The normalized spacial score (nSPS) is 28.6. The van der Waals surface area contributed by atoms with Crippen LogP contribution in [-0.2, 0) is 20.9 Å². The summed E-state index contributed by atoms with van der Waals surface area (Å²) in [7, 11) is 0. The molecule has 2 atom stereocenters. The molecule has 5 nitrogen and oxygen atoms in total. The summed E-state index contributed by atoms with van der Waals surface area (Å²) in [6, 6.07) is 9.03. The van der Waals surface area contributed by atoms with Crippen LogP contribution in [0.15, 0.2) is 30.3 Å². The fourth-order valence-corrected chi connectivity index (χ4v) is 3.07. The molecule has 2 aliphatic rings. The SMILES string of the molecule is O=C1CC2(CCNC2)[C@H](C(=O)OCc2ccccc2)N1. The van der Waals surface area contributed by atoms with E-state index < -0.39 is 6.04 Å². The predicted octanol–water partition coefficient (Wildman–Crippen LogP) is 0.598. The van der Waals surface area contributed by atoms with Gasteiger partial charge in [0, 0.05) is 18.4 Å². The van der Waals surface area contributed by atoms with Crippen molar-refractivity contribution in [1.82, 2.24) is 10.6 Å². The smallest absolute Gasteiger partial charge is 0.329 e. The Labute approximate surface area is 117 Å². The summed E-state index contributed by atoms with van der Waals surface area (Å²) in [5, 5.41) is 6.00. The van der Waals surface area contributed by atoms with Crippen molar-refractivity contribution in [3.63, 3.8) is 0 Å². The molecule has 20 heavy (non-hydrogen) atoms. The highest BCUT2D eigenvalue weighted by molar-refractivity contribution is 5.90. The van der Waals surface area contributed by atoms with Gasteiger partial charge in [-0.3, -0.25) is 4.79 Å². The van der Waals surface area contributed by atoms with Crippen molar-refractivity contribution in [2.45, 2.75) is 25.5 Å². The maximum atomic E-state index is 12.3. The highest BCUT2D eigenvalue weighted by Gasteiger charge is 2.52. The molecule has 0 radical (unpaired) electrons. The minimum atomic E-state index is -0.520. The van der Waals surface area contributed by atoms with Crippen LogP contribution in [0.3, 0.4) is 0 Å². The van der Waals surface area contributed by atoms with E-state index in [4.69, 9.17) is 4.74 Å². The van der Waals surface area contributed by atoms with Gasteiger partial charge in [-0.25, -0.2) is 4.79 Å². The van der Waals surface area contributed by atoms with Gasteiger partial charge in [-0.1, -0.05) is 30.3 Å². The van der Waals surface area contributed by atoms with Crippen molar-refractivity contribution in [2.75, 3.05) is 13.1 Å². The Morgan fingerprint density at radius 2 is 2.15 bits per heavy atom. The minimum Gasteiger partial charge on any atom is -0.459 e. The second-order valence-corrected chi connectivity index (χ2v) is 5.56. The maximum Gasteiger partial charge on any atom is 0.329 e. The zero-order chi connectivity index (χ0) is 14.0. The average molecular weight is 274 g/mol. The van der Waals surface area contributed by atoms with Gasteiger partial charge in [0.2, 0.25) is 5.91 Å². The van der Waals surface area contributed by atoms with Gasteiger partial charge in [0.15, 0.2) is 0 Å². The Morgan fingerprint density at radius 1 is 1.35 bits per heavy atom. The molecule has 2 fully saturated rings. The molecular formula is C15H18N2O3. The third-order valence-corrected chi connectivity index (χ3v) is 4.17. The van der Waals surface area contributed by atoms with Crippen LogP contribution in [0.1, 0.15) is 18.4 Å². The highest BCUT2D eigenvalue weighted by atomic mass is 16.5. The number of hydrogen-bond donors (Lipinski definition) is 2. The first-order chi connectivity index (χ1) is 9.70. The number of hydrogen-bond acceptors (Lipinski definition) is 4. The Balaban J connectivity index is 1.65. The monoisotopic (exact) mass is 274 g/mol. The molecule has 3 rings (SSSR count). The number of ether oxygens (including phenoxy) is 1. The Hall–Kier alpha value is -1.88. The molecule has 2 N–H and O–H groups in total. The van der Waals surface area contributed by atoms with E-state index >= 15 is 0 Å². The minimum absolute atomic E-state index is 0.0599. The zero-order valence-electron chi connectivity index (χ0n) is 11.2. The first-order valence-electron chi connectivity index (χ1n) is 6.90. The molecule has 2 saturated heterocycles. The van der Waals surface area contributed by atoms with Crippen LogP contribution in [0.4, 0.5) is 0 Å². The summed E-state index contributed by atoms with van der Waals surface area (Å²) < 4.78 is 5.37. The van der Waals surface area contributed by atoms with E-state index in [0.717, 1.165) is 18.5 Å². The van der Waals surface area contributed by atoms with E-state index in [9.17, 15) is 9.59 Å². The molecule has 0 aliphatic carbocycles. The summed E-state index contributed by atoms with van der Waals surface area (Å²) in [4.78, 5) is 23.9. The molecule has 0 saturated carbocycles. The fraction of sp³-hybridized carbons (Fsp3) is 0.467. The summed E-state index contributed by atoms with van der Waals surface area (Å²) in [5.41, 5.74) is 0.647. The second kappa shape index (κ2) is 5.25. The maximum absolute atomic E-state index is 12.3. The molecule has 1 spiro atoms. The van der Waals surface area contributed by atoms with Gasteiger partial charge in [-0.15, -0.1) is 0 Å². The van der Waals surface area contributed by atoms with Crippen LogP contribution in [0, 0.1) is 5.41 Å². The van der Waals surface area contributed by atoms with Gasteiger partial charge >= 0.3 is 5.97 Å². The fourth-order valence-electron chi connectivity index (χ4n) is 3.07. The predicted molar refractivity (Wildman–Crippen MR) is 72.7 cm³/mol. The molecule has 0 bridgehead atoms. The lowest BCUT2D eigenvalue weighted by Crippen LogP contribution is -2.45. The Morgan fingerprint density at radius 3 is 2.85 bits per heavy atom. The van der Waals surface area contributed by atoms with Gasteiger partial charge in [0.25, 0.3) is 0 Å². The van der Waals surface area contributed by atoms with Crippen molar-refractivity contribution in [3.05, 3.63) is 35.9 Å². The van der Waals surface area contributed by atoms with Gasteiger partial charge in [0.05, 0.1) is 0 Å². The third kappa shape index (κ3) is 2.41. The summed E-state index contributed by atoms with van der Waals surface area (Å²) >= 11 is 0. The summed E-state index contributed by atoms with van der Waals surface area (Å²) in [5.74, 6) is -0.390. The number of nitrogens with one attached hydrogen (secondary N) is 2. The van der Waals surface area contributed by atoms with Crippen molar-refractivity contribution >= 4 is 11.9 Å². The van der Waals surface area contributed by atoms with Gasteiger partial charge in [-0.05, 0) is 18.5 Å². The molecule has 0 aromatic heterocycles. The molecule has 1 aromatic carbocycles. The van der Waals surface area contributed by atoms with Crippen molar-refractivity contribution in [1.29, 1.82) is 0 Å². The van der Waals surface area contributed by atoms with Crippen molar-refractivity contribution in [2.24, 2.45) is 5.41 Å². The third-order valence-electron chi connectivity index (χ3n) is 4.17. The van der Waals surface area contributed by atoms with Crippen LogP contribution >= 0.6 is 0 Å². The van der Waals surface area contributed by atoms with E-state index in [1.54, 1.807) is 0 Å². The largest absolute Gasteiger partial charge is 0.459 e. The van der Waals surface area contributed by atoms with Gasteiger partial charge in [0.1, 0.15) is 12.6 Å². The molecule has 5 heteroatoms. The van der Waals surface area contributed by atoms with Crippen LogP contribution < -0.4 is 10.6 Å². The lowest BCUT2D eigenvalue weighted by atomic mass is 9.79. The number of rotatable bonds is 3. The molecule has 2 heterocycles. The van der Waals surface area contributed by atoms with Gasteiger partial charge < -0.3 is 15.4 Å². The molecule has 2 aliphatic heterocycles. The van der Waals surface area contributed by atoms with Crippen molar-refractivity contribution < 1.29 is 14.3 Å². The first kappa shape index (κ1) is 13.1. The Kier molecular flexibility index (Phi) is 3.44. The van der Waals surface area contributed by atoms with Crippen LogP contribution in [0.5, 0.6) is 0 Å². The standard InChI is InChI=1S/C15H18N2O3/c18-12-8-15(6-7-16-10-15)13(17-12)14(19)20-9-11-4-2-1-3-5-11/h1-5,13,16H,6-10H2,(H,17,18)/t13-,15?/m0/s1. The first-order valence-corrected chi connectivity index (χ1v) is 6.90. The van der Waals surface area contributed by atoms with E-state index in [-0.39, 0.29) is 23.9 Å². The van der Waals surface area contributed by atoms with Gasteiger partial charge in [-0.2, -0.15) is 0 Å². The van der Waals surface area contributed by atoms with Crippen LogP contribution in [0.2, 0.25) is 0 Å². The lowest BCUT2D eigenvalue weighted by Gasteiger charge is -2.26. The number of esters is 1. The van der Waals surface area contributed by atoms with E-state index in [0.29, 0.717) is 13.0 Å².